The summed E-state index contributed by atoms with van der Waals surface area (Å²) in [5.41, 5.74) is 5.02. The van der Waals surface area contributed by atoms with Crippen molar-refractivity contribution in [2.24, 2.45) is 0 Å². The first kappa shape index (κ1) is 19.5. The highest BCUT2D eigenvalue weighted by atomic mass is 16.5. The van der Waals surface area contributed by atoms with E-state index >= 15 is 0 Å². The average Bonchev–Trinajstić information content (AvgIpc) is 3.44. The number of nitrogens with one attached hydrogen (secondary N) is 1. The molecule has 0 aliphatic heterocycles. The van der Waals surface area contributed by atoms with Crippen molar-refractivity contribution in [1.82, 2.24) is 24.6 Å². The van der Waals surface area contributed by atoms with Gasteiger partial charge < -0.3 is 14.8 Å². The van der Waals surface area contributed by atoms with E-state index in [1.165, 1.54) is 14.2 Å². The first-order chi connectivity index (χ1) is 14.6. The molecule has 4 aromatic rings. The van der Waals surface area contributed by atoms with E-state index in [1.54, 1.807) is 25.5 Å². The molecular weight excluding hydrogens is 382 g/mol. The molecule has 0 unspecified atom stereocenters. The largest absolute Gasteiger partial charge is 0.496 e. The fourth-order valence-electron chi connectivity index (χ4n) is 3.47. The molecule has 0 spiro atoms. The Morgan fingerprint density at radius 3 is 2.43 bits per heavy atom. The van der Waals surface area contributed by atoms with E-state index in [2.05, 4.69) is 22.3 Å². The average molecular weight is 405 g/mol. The van der Waals surface area contributed by atoms with Gasteiger partial charge in [0.05, 0.1) is 37.1 Å². The molecule has 0 aliphatic rings. The van der Waals surface area contributed by atoms with Gasteiger partial charge >= 0.3 is 0 Å². The van der Waals surface area contributed by atoms with Crippen LogP contribution in [0.3, 0.4) is 0 Å². The summed E-state index contributed by atoms with van der Waals surface area (Å²) in [6.07, 6.45) is 5.62. The van der Waals surface area contributed by atoms with Crippen molar-refractivity contribution in [3.05, 3.63) is 54.6 Å². The zero-order valence-electron chi connectivity index (χ0n) is 17.3. The second-order valence-electron chi connectivity index (χ2n) is 6.71. The Morgan fingerprint density at radius 1 is 1.10 bits per heavy atom. The van der Waals surface area contributed by atoms with Crippen LogP contribution in [-0.2, 0) is 6.54 Å². The number of nitrogens with zero attached hydrogens (tertiary/aromatic N) is 4. The van der Waals surface area contributed by atoms with E-state index in [0.717, 1.165) is 34.4 Å². The minimum absolute atomic E-state index is 0.275. The van der Waals surface area contributed by atoms with Crippen LogP contribution >= 0.6 is 0 Å². The van der Waals surface area contributed by atoms with Crippen LogP contribution in [0.4, 0.5) is 0 Å². The van der Waals surface area contributed by atoms with Crippen LogP contribution in [0.5, 0.6) is 11.5 Å². The number of amides is 1. The maximum Gasteiger partial charge on any atom is 0.258 e. The van der Waals surface area contributed by atoms with Gasteiger partial charge in [-0.25, -0.2) is 4.98 Å². The fraction of sp³-hybridized carbons (Fsp3) is 0.227. The Balaban J connectivity index is 1.80. The molecule has 30 heavy (non-hydrogen) atoms. The molecule has 2 heterocycles. The molecule has 0 saturated carbocycles. The second-order valence-corrected chi connectivity index (χ2v) is 6.71. The monoisotopic (exact) mass is 405 g/mol. The predicted octanol–water partition coefficient (Wildman–Crippen LogP) is 3.29. The van der Waals surface area contributed by atoms with E-state index in [1.807, 2.05) is 39.8 Å². The van der Waals surface area contributed by atoms with Crippen molar-refractivity contribution in [3.63, 3.8) is 0 Å². The normalized spacial score (nSPS) is 10.9. The van der Waals surface area contributed by atoms with Crippen LogP contribution in [0.25, 0.3) is 27.8 Å². The third-order valence-electron chi connectivity index (χ3n) is 5.06. The second kappa shape index (κ2) is 7.90. The van der Waals surface area contributed by atoms with Gasteiger partial charge in [0, 0.05) is 37.5 Å². The van der Waals surface area contributed by atoms with Crippen LogP contribution < -0.4 is 14.8 Å². The van der Waals surface area contributed by atoms with Gasteiger partial charge in [-0.1, -0.05) is 6.07 Å². The summed E-state index contributed by atoms with van der Waals surface area (Å²) in [4.78, 5) is 16.8. The molecule has 2 aromatic carbocycles. The van der Waals surface area contributed by atoms with Crippen molar-refractivity contribution in [3.8, 4) is 28.3 Å². The number of hydrogen-bond donors (Lipinski definition) is 1. The number of fused-ring (bicyclic) bond motifs is 1. The summed E-state index contributed by atoms with van der Waals surface area (Å²) in [5.74, 6) is 0.575. The van der Waals surface area contributed by atoms with E-state index in [9.17, 15) is 4.79 Å². The van der Waals surface area contributed by atoms with Crippen LogP contribution in [0.1, 0.15) is 17.3 Å². The Kier molecular flexibility index (Phi) is 5.14. The lowest BCUT2D eigenvalue weighted by Crippen LogP contribution is -2.20. The molecule has 0 fully saturated rings. The van der Waals surface area contributed by atoms with Crippen LogP contribution in [0.2, 0.25) is 0 Å². The summed E-state index contributed by atoms with van der Waals surface area (Å²) in [6, 6.07) is 9.70. The highest BCUT2D eigenvalue weighted by Crippen LogP contribution is 2.34. The van der Waals surface area contributed by atoms with E-state index in [0.29, 0.717) is 17.1 Å². The first-order valence-electron chi connectivity index (χ1n) is 9.58. The van der Waals surface area contributed by atoms with Crippen molar-refractivity contribution < 1.29 is 14.3 Å². The van der Waals surface area contributed by atoms with Gasteiger partial charge in [-0.05, 0) is 24.6 Å². The zero-order chi connectivity index (χ0) is 21.3. The van der Waals surface area contributed by atoms with Gasteiger partial charge in [0.25, 0.3) is 5.91 Å². The molecule has 8 nitrogen and oxygen atoms in total. The van der Waals surface area contributed by atoms with E-state index in [-0.39, 0.29) is 5.91 Å². The summed E-state index contributed by atoms with van der Waals surface area (Å²) < 4.78 is 14.8. The Morgan fingerprint density at radius 2 is 1.83 bits per heavy atom. The first-order valence-corrected chi connectivity index (χ1v) is 9.58. The third kappa shape index (κ3) is 3.26. The topological polar surface area (TPSA) is 83.2 Å². The Hall–Kier alpha value is -3.81. The van der Waals surface area contributed by atoms with Gasteiger partial charge in [0.1, 0.15) is 23.4 Å². The third-order valence-corrected chi connectivity index (χ3v) is 5.06. The van der Waals surface area contributed by atoms with Crippen molar-refractivity contribution in [2.75, 3.05) is 21.3 Å². The molecule has 1 N–H and O–H groups in total. The van der Waals surface area contributed by atoms with Crippen molar-refractivity contribution in [2.45, 2.75) is 13.5 Å². The molecule has 1 amide bonds. The molecule has 4 rings (SSSR count). The number of aromatic nitrogens is 4. The van der Waals surface area contributed by atoms with Gasteiger partial charge in [-0.15, -0.1) is 0 Å². The summed E-state index contributed by atoms with van der Waals surface area (Å²) in [5, 5.41) is 6.96. The lowest BCUT2D eigenvalue weighted by Gasteiger charge is -2.15. The Bertz CT molecular complexity index is 1200. The molecule has 0 saturated heterocycles. The number of carbonyl (C=O) groups excluding carboxylic acids is 1. The number of aryl methyl sites for hydroxylation is 1. The summed E-state index contributed by atoms with van der Waals surface area (Å²) in [6.45, 7) is 2.88. The summed E-state index contributed by atoms with van der Waals surface area (Å²) in [7, 11) is 4.62. The zero-order valence-corrected chi connectivity index (χ0v) is 17.3. The molecule has 0 aliphatic carbocycles. The van der Waals surface area contributed by atoms with E-state index < -0.39 is 0 Å². The van der Waals surface area contributed by atoms with Crippen LogP contribution in [-0.4, -0.2) is 46.5 Å². The fourth-order valence-corrected chi connectivity index (χ4v) is 3.47. The highest BCUT2D eigenvalue weighted by Gasteiger charge is 2.20. The molecular formula is C22H23N5O3. The van der Waals surface area contributed by atoms with Crippen molar-refractivity contribution >= 4 is 16.9 Å². The van der Waals surface area contributed by atoms with E-state index in [4.69, 9.17) is 9.47 Å². The molecule has 8 heteroatoms. The van der Waals surface area contributed by atoms with Crippen LogP contribution in [0.15, 0.2) is 49.1 Å². The molecule has 154 valence electrons. The lowest BCUT2D eigenvalue weighted by molar-refractivity contribution is 0.0957. The van der Waals surface area contributed by atoms with Crippen molar-refractivity contribution in [1.29, 1.82) is 0 Å². The number of carbonyl (C=O) groups is 1. The molecule has 0 atom stereocenters. The number of methoxy groups -OCH3 is 2. The maximum absolute atomic E-state index is 12.3. The molecule has 0 bridgehead atoms. The number of benzene rings is 2. The smallest absolute Gasteiger partial charge is 0.258 e. The molecule has 2 aromatic heterocycles. The minimum Gasteiger partial charge on any atom is -0.496 e. The molecule has 0 radical (unpaired) electrons. The summed E-state index contributed by atoms with van der Waals surface area (Å²) >= 11 is 0. The SMILES string of the molecule is CCn1cc(-c2ccc3c(c2)ncn3-c2cc(OC)c(C(=O)NC)c(OC)c2)cn1. The van der Waals surface area contributed by atoms with Gasteiger partial charge in [-0.2, -0.15) is 5.10 Å². The maximum atomic E-state index is 12.3. The lowest BCUT2D eigenvalue weighted by atomic mass is 10.1. The number of imidazole rings is 1. The number of rotatable bonds is 6. The van der Waals surface area contributed by atoms with Gasteiger partial charge in [0.2, 0.25) is 0 Å². The standard InChI is InChI=1S/C22H23N5O3/c1-5-26-12-15(11-25-26)14-6-7-18-17(8-14)24-13-27(18)16-9-19(29-3)21(22(28)23-2)20(10-16)30-4/h6-13H,5H2,1-4H3,(H,23,28). The highest BCUT2D eigenvalue weighted by molar-refractivity contribution is 6.00. The quantitative estimate of drug-likeness (QED) is 0.532. The van der Waals surface area contributed by atoms with Crippen LogP contribution in [0, 0.1) is 0 Å². The predicted molar refractivity (Wildman–Crippen MR) is 114 cm³/mol. The van der Waals surface area contributed by atoms with Gasteiger partial charge in [-0.3, -0.25) is 14.0 Å². The number of hydrogen-bond acceptors (Lipinski definition) is 5. The Labute approximate surface area is 174 Å². The number of ether oxygens (including phenoxy) is 2. The van der Waals surface area contributed by atoms with Gasteiger partial charge in [0.15, 0.2) is 0 Å². The minimum atomic E-state index is -0.275.